The van der Waals surface area contributed by atoms with E-state index in [-0.39, 0.29) is 23.6 Å². The summed E-state index contributed by atoms with van der Waals surface area (Å²) < 4.78 is 14.5. The van der Waals surface area contributed by atoms with Gasteiger partial charge in [0.25, 0.3) is 0 Å². The molecule has 1 saturated carbocycles. The van der Waals surface area contributed by atoms with Crippen molar-refractivity contribution in [3.63, 3.8) is 0 Å². The molecule has 7 rings (SSSR count). The van der Waals surface area contributed by atoms with Crippen LogP contribution >= 0.6 is 0 Å². The molecule has 42 heavy (non-hydrogen) atoms. The second-order valence-corrected chi connectivity index (χ2v) is 11.7. The number of rotatable bonds is 5. The van der Waals surface area contributed by atoms with Crippen LogP contribution in [0.2, 0.25) is 0 Å². The van der Waals surface area contributed by atoms with Crippen LogP contribution in [-0.2, 0) is 0 Å². The number of fused-ring (bicyclic) bond motifs is 4. The minimum Gasteiger partial charge on any atom is -0.364 e. The number of amidine groups is 1. The first-order chi connectivity index (χ1) is 20.4. The molecule has 3 aromatic carbocycles. The minimum atomic E-state index is -0.341. The number of nitrogens with one attached hydrogen (secondary N) is 1. The maximum atomic E-state index is 14.5. The van der Waals surface area contributed by atoms with E-state index < -0.39 is 0 Å². The highest BCUT2D eigenvalue weighted by molar-refractivity contribution is 6.31. The van der Waals surface area contributed by atoms with Gasteiger partial charge in [-0.05, 0) is 91.0 Å². The summed E-state index contributed by atoms with van der Waals surface area (Å²) in [6, 6.07) is 20.7. The summed E-state index contributed by atoms with van der Waals surface area (Å²) in [6.45, 7) is 7.03. The summed E-state index contributed by atoms with van der Waals surface area (Å²) in [6.07, 6.45) is 7.07. The molecule has 0 saturated heterocycles. The Morgan fingerprint density at radius 2 is 1.93 bits per heavy atom. The van der Waals surface area contributed by atoms with Gasteiger partial charge in [-0.25, -0.2) is 4.39 Å². The predicted molar refractivity (Wildman–Crippen MR) is 167 cm³/mol. The van der Waals surface area contributed by atoms with E-state index in [4.69, 9.17) is 4.99 Å². The zero-order chi connectivity index (χ0) is 29.0. The average Bonchev–Trinajstić information content (AvgIpc) is 3.80. The van der Waals surface area contributed by atoms with Crippen LogP contribution < -0.4 is 15.9 Å². The van der Waals surface area contributed by atoms with E-state index >= 15 is 0 Å². The number of hydrogen-bond donors (Lipinski definition) is 1. The predicted octanol–water partition coefficient (Wildman–Crippen LogP) is 6.54. The Labute approximate surface area is 245 Å². The largest absolute Gasteiger partial charge is 0.364 e. The smallest absolute Gasteiger partial charge is 0.193 e. The summed E-state index contributed by atoms with van der Waals surface area (Å²) in [5.74, 6) is 0.976. The molecule has 0 amide bonds. The Bertz CT molecular complexity index is 1890. The van der Waals surface area contributed by atoms with Crippen LogP contribution in [0, 0.1) is 11.7 Å². The fraction of sp³-hybridized carbons (Fsp3) is 0.270. The Morgan fingerprint density at radius 1 is 1.07 bits per heavy atom. The average molecular weight is 556 g/mol. The van der Waals surface area contributed by atoms with Crippen LogP contribution in [0.1, 0.15) is 73.0 Å². The van der Waals surface area contributed by atoms with Crippen molar-refractivity contribution in [3.05, 3.63) is 129 Å². The van der Waals surface area contributed by atoms with E-state index in [9.17, 15) is 9.18 Å². The lowest BCUT2D eigenvalue weighted by molar-refractivity contribution is 0.105. The van der Waals surface area contributed by atoms with Crippen molar-refractivity contribution in [2.75, 3.05) is 6.54 Å². The highest BCUT2D eigenvalue weighted by Crippen LogP contribution is 2.57. The molecular formula is C37H34FN3O. The number of allylic oxidation sites excluding steroid dienone is 2. The quantitative estimate of drug-likeness (QED) is 0.389. The molecule has 2 aliphatic heterocycles. The van der Waals surface area contributed by atoms with Gasteiger partial charge in [0.2, 0.25) is 0 Å². The number of carbonyl (C=O) groups excluding carboxylic acids is 1. The minimum absolute atomic E-state index is 0.0299. The van der Waals surface area contributed by atoms with E-state index in [1.165, 1.54) is 22.9 Å². The van der Waals surface area contributed by atoms with Gasteiger partial charge >= 0.3 is 0 Å². The van der Waals surface area contributed by atoms with Gasteiger partial charge in [-0.1, -0.05) is 67.6 Å². The maximum Gasteiger partial charge on any atom is 0.193 e. The molecule has 3 atom stereocenters. The number of benzene rings is 3. The second kappa shape index (κ2) is 10.5. The first-order valence-electron chi connectivity index (χ1n) is 15.0. The number of carbonyl (C=O) groups is 1. The molecule has 1 fully saturated rings. The van der Waals surface area contributed by atoms with Crippen molar-refractivity contribution in [2.24, 2.45) is 15.9 Å². The maximum absolute atomic E-state index is 14.5. The summed E-state index contributed by atoms with van der Waals surface area (Å²) in [5, 5.41) is 6.02. The number of halogens is 1. The van der Waals surface area contributed by atoms with Gasteiger partial charge in [-0.2, -0.15) is 0 Å². The zero-order valence-corrected chi connectivity index (χ0v) is 24.2. The van der Waals surface area contributed by atoms with Gasteiger partial charge in [0.1, 0.15) is 11.7 Å². The third kappa shape index (κ3) is 4.48. The highest BCUT2D eigenvalue weighted by Gasteiger charge is 2.48. The molecule has 3 aromatic rings. The molecule has 0 aromatic heterocycles. The van der Waals surface area contributed by atoms with E-state index in [1.807, 2.05) is 31.2 Å². The summed E-state index contributed by atoms with van der Waals surface area (Å²) >= 11 is 0. The molecule has 0 bridgehead atoms. The first-order valence-corrected chi connectivity index (χ1v) is 15.0. The van der Waals surface area contributed by atoms with Gasteiger partial charge in [0.15, 0.2) is 5.78 Å². The van der Waals surface area contributed by atoms with Crippen LogP contribution in [0.15, 0.2) is 100 Å². The molecule has 210 valence electrons. The standard InChI is InChI=1S/C37H34FN3O/c1-4-26(23-15-16-27-21(2)40-33(27)19-23)30-14-7-8-17-39-37(30)41-22(3)34-32-20-31(32)28-12-5-6-13-29(28)36(42)35(34)24-10-9-11-25(38)18-24/h5-7,9-16,18-19,22,31-32H,4,8,17,20H2,1-3H3,(H,39,41)/b30-26+. The van der Waals surface area contributed by atoms with Crippen LogP contribution in [0.3, 0.4) is 0 Å². The molecule has 4 nitrogen and oxygen atoms in total. The Morgan fingerprint density at radius 3 is 2.71 bits per heavy atom. The van der Waals surface area contributed by atoms with Crippen molar-refractivity contribution in [2.45, 2.75) is 52.0 Å². The Hall–Kier alpha value is -4.38. The lowest BCUT2D eigenvalue weighted by Crippen LogP contribution is -2.37. The number of nitrogens with zero attached hydrogens (tertiary/aromatic N) is 2. The van der Waals surface area contributed by atoms with Gasteiger partial charge in [-0.15, -0.1) is 0 Å². The van der Waals surface area contributed by atoms with Crippen molar-refractivity contribution < 1.29 is 9.18 Å². The SMILES string of the molecule is CC/C(=C1/C=CCCN=C1NC(C)C1=C(c2cccc(F)c2)C(=O)c2ccccc2C2CC12)c1ccc2c(c1)=NC=2C. The van der Waals surface area contributed by atoms with E-state index in [0.29, 0.717) is 23.6 Å². The molecule has 3 unspecified atom stereocenters. The molecule has 0 spiro atoms. The van der Waals surface area contributed by atoms with Crippen LogP contribution in [-0.4, -0.2) is 24.2 Å². The summed E-state index contributed by atoms with van der Waals surface area (Å²) in [7, 11) is 0. The van der Waals surface area contributed by atoms with E-state index in [2.05, 4.69) is 60.6 Å². The van der Waals surface area contributed by atoms with Crippen LogP contribution in [0.5, 0.6) is 0 Å². The van der Waals surface area contributed by atoms with Crippen molar-refractivity contribution in [3.8, 4) is 0 Å². The zero-order valence-electron chi connectivity index (χ0n) is 24.2. The third-order valence-electron chi connectivity index (χ3n) is 9.05. The molecule has 0 radical (unpaired) electrons. The lowest BCUT2D eigenvalue weighted by atomic mass is 9.88. The number of Topliss-reactive ketones (excluding diaryl/α,β-unsaturated/α-hetero) is 1. The molecule has 5 heteroatoms. The van der Waals surface area contributed by atoms with Gasteiger partial charge in [-0.3, -0.25) is 14.8 Å². The number of ketones is 1. The summed E-state index contributed by atoms with van der Waals surface area (Å²) in [4.78, 5) is 23.8. The van der Waals surface area contributed by atoms with Gasteiger partial charge in [0, 0.05) is 40.2 Å². The van der Waals surface area contributed by atoms with Crippen LogP contribution in [0.4, 0.5) is 4.39 Å². The Balaban J connectivity index is 1.33. The van der Waals surface area contributed by atoms with Crippen molar-refractivity contribution in [1.82, 2.24) is 5.32 Å². The van der Waals surface area contributed by atoms with Gasteiger partial charge in [0.05, 0.1) is 5.36 Å². The summed E-state index contributed by atoms with van der Waals surface area (Å²) in [5.41, 5.74) is 8.65. The fourth-order valence-electron chi connectivity index (χ4n) is 6.96. The number of hydrogen-bond acceptors (Lipinski definition) is 4. The number of aliphatic imine (C=N–C) groups is 1. The van der Waals surface area contributed by atoms with Crippen molar-refractivity contribution >= 4 is 28.5 Å². The fourth-order valence-corrected chi connectivity index (χ4v) is 6.96. The second-order valence-electron chi connectivity index (χ2n) is 11.7. The first kappa shape index (κ1) is 26.5. The molecule has 2 aliphatic carbocycles. The normalized spacial score (nSPS) is 22.4. The highest BCUT2D eigenvalue weighted by atomic mass is 19.1. The molecule has 1 N–H and O–H groups in total. The lowest BCUT2D eigenvalue weighted by Gasteiger charge is -2.25. The molecule has 4 aliphatic rings. The molecule has 2 heterocycles. The van der Waals surface area contributed by atoms with Crippen molar-refractivity contribution in [1.29, 1.82) is 0 Å². The Kier molecular flexibility index (Phi) is 6.61. The van der Waals surface area contributed by atoms with E-state index in [1.54, 1.807) is 6.07 Å². The monoisotopic (exact) mass is 555 g/mol. The topological polar surface area (TPSA) is 53.8 Å². The third-order valence-corrected chi connectivity index (χ3v) is 9.05. The van der Waals surface area contributed by atoms with E-state index in [0.717, 1.165) is 64.0 Å². The molecular weight excluding hydrogens is 521 g/mol. The van der Waals surface area contributed by atoms with Gasteiger partial charge < -0.3 is 5.32 Å². The van der Waals surface area contributed by atoms with Crippen LogP contribution in [0.25, 0.3) is 16.8 Å².